The molecule has 0 aromatic carbocycles. The lowest BCUT2D eigenvalue weighted by Gasteiger charge is -2.22. The molecule has 1 N–H and O–H groups in total. The van der Waals surface area contributed by atoms with Crippen LogP contribution in [0.1, 0.15) is 44.9 Å². The standard InChI is InChI=1S/C14H23NO2/c1-15(10-13(16)12-7-8-12)14(17)9-11-5-3-2-4-6-11/h5,12-13,16H,2-4,6-10H2,1H3. The van der Waals surface area contributed by atoms with E-state index in [1.54, 1.807) is 11.9 Å². The summed E-state index contributed by atoms with van der Waals surface area (Å²) >= 11 is 0. The lowest BCUT2D eigenvalue weighted by Crippen LogP contribution is -2.35. The summed E-state index contributed by atoms with van der Waals surface area (Å²) in [5.41, 5.74) is 1.29. The molecule has 3 nitrogen and oxygen atoms in total. The van der Waals surface area contributed by atoms with E-state index in [4.69, 9.17) is 0 Å². The Bertz CT molecular complexity index is 307. The largest absolute Gasteiger partial charge is 0.391 e. The molecule has 1 atom stereocenters. The molecule has 96 valence electrons. The average Bonchev–Trinajstić information content (AvgIpc) is 3.14. The van der Waals surface area contributed by atoms with Gasteiger partial charge in [-0.25, -0.2) is 0 Å². The molecule has 0 bridgehead atoms. The first kappa shape index (κ1) is 12.6. The highest BCUT2D eigenvalue weighted by Crippen LogP contribution is 2.32. The third-order valence-corrected chi connectivity index (χ3v) is 3.82. The van der Waals surface area contributed by atoms with Gasteiger partial charge in [-0.1, -0.05) is 11.6 Å². The number of hydrogen-bond donors (Lipinski definition) is 1. The van der Waals surface area contributed by atoms with Crippen LogP contribution in [0.15, 0.2) is 11.6 Å². The van der Waals surface area contributed by atoms with Gasteiger partial charge < -0.3 is 10.0 Å². The summed E-state index contributed by atoms with van der Waals surface area (Å²) in [7, 11) is 1.80. The van der Waals surface area contributed by atoms with Crippen molar-refractivity contribution in [2.75, 3.05) is 13.6 Å². The Morgan fingerprint density at radius 2 is 2.29 bits per heavy atom. The van der Waals surface area contributed by atoms with E-state index < -0.39 is 0 Å². The van der Waals surface area contributed by atoms with Crippen LogP contribution in [0.4, 0.5) is 0 Å². The van der Waals surface area contributed by atoms with Crippen molar-refractivity contribution in [1.29, 1.82) is 0 Å². The van der Waals surface area contributed by atoms with Gasteiger partial charge in [-0.05, 0) is 44.4 Å². The zero-order chi connectivity index (χ0) is 12.3. The maximum atomic E-state index is 12.0. The van der Waals surface area contributed by atoms with Crippen LogP contribution in [0.3, 0.4) is 0 Å². The highest BCUT2D eigenvalue weighted by Gasteiger charge is 2.31. The number of allylic oxidation sites excluding steroid dienone is 1. The molecule has 1 fully saturated rings. The van der Waals surface area contributed by atoms with Crippen molar-refractivity contribution < 1.29 is 9.90 Å². The number of hydrogen-bond acceptors (Lipinski definition) is 2. The van der Waals surface area contributed by atoms with Crippen molar-refractivity contribution in [3.8, 4) is 0 Å². The summed E-state index contributed by atoms with van der Waals surface area (Å²) in [6, 6.07) is 0. The smallest absolute Gasteiger partial charge is 0.226 e. The number of aliphatic hydroxyl groups is 1. The number of nitrogens with zero attached hydrogens (tertiary/aromatic N) is 1. The van der Waals surface area contributed by atoms with E-state index in [0.717, 1.165) is 25.7 Å². The molecule has 0 saturated heterocycles. The van der Waals surface area contributed by atoms with Crippen molar-refractivity contribution in [2.45, 2.75) is 51.0 Å². The Balaban J connectivity index is 1.75. The third-order valence-electron chi connectivity index (χ3n) is 3.82. The minimum atomic E-state index is -0.315. The van der Waals surface area contributed by atoms with Crippen LogP contribution in [0, 0.1) is 5.92 Å². The SMILES string of the molecule is CN(CC(O)C1CC1)C(=O)CC1=CCCCC1. The predicted octanol–water partition coefficient (Wildman–Crippen LogP) is 2.11. The second-order valence-corrected chi connectivity index (χ2v) is 5.46. The Hall–Kier alpha value is -0.830. The summed E-state index contributed by atoms with van der Waals surface area (Å²) in [5, 5.41) is 9.81. The first-order valence-electron chi connectivity index (χ1n) is 6.77. The van der Waals surface area contributed by atoms with Gasteiger partial charge in [0.1, 0.15) is 0 Å². The highest BCUT2D eigenvalue weighted by molar-refractivity contribution is 5.78. The molecule has 0 spiro atoms. The number of carbonyl (C=O) groups is 1. The maximum absolute atomic E-state index is 12.0. The molecule has 1 unspecified atom stereocenters. The summed E-state index contributed by atoms with van der Waals surface area (Å²) in [6.45, 7) is 0.497. The van der Waals surface area contributed by atoms with Gasteiger partial charge in [0.25, 0.3) is 0 Å². The fraction of sp³-hybridized carbons (Fsp3) is 0.786. The molecule has 0 radical (unpaired) electrons. The fourth-order valence-electron chi connectivity index (χ4n) is 2.41. The zero-order valence-corrected chi connectivity index (χ0v) is 10.7. The van der Waals surface area contributed by atoms with E-state index >= 15 is 0 Å². The van der Waals surface area contributed by atoms with Crippen molar-refractivity contribution in [1.82, 2.24) is 4.90 Å². The van der Waals surface area contributed by atoms with Gasteiger partial charge in [-0.2, -0.15) is 0 Å². The van der Waals surface area contributed by atoms with Gasteiger partial charge in [0.05, 0.1) is 6.10 Å². The normalized spacial score (nSPS) is 21.9. The van der Waals surface area contributed by atoms with Crippen LogP contribution in [0.2, 0.25) is 0 Å². The highest BCUT2D eigenvalue weighted by atomic mass is 16.3. The molecule has 2 rings (SSSR count). The summed E-state index contributed by atoms with van der Waals surface area (Å²) in [6.07, 6.45) is 9.36. The molecule has 3 heteroatoms. The molecule has 2 aliphatic carbocycles. The Kier molecular flexibility index (Phi) is 4.21. The Morgan fingerprint density at radius 1 is 1.53 bits per heavy atom. The Labute approximate surface area is 103 Å². The van der Waals surface area contributed by atoms with Crippen LogP contribution >= 0.6 is 0 Å². The molecular formula is C14H23NO2. The van der Waals surface area contributed by atoms with Crippen LogP contribution < -0.4 is 0 Å². The van der Waals surface area contributed by atoms with Crippen molar-refractivity contribution >= 4 is 5.91 Å². The maximum Gasteiger partial charge on any atom is 0.226 e. The predicted molar refractivity (Wildman–Crippen MR) is 67.5 cm³/mol. The molecule has 17 heavy (non-hydrogen) atoms. The molecule has 1 saturated carbocycles. The number of aliphatic hydroxyl groups excluding tert-OH is 1. The monoisotopic (exact) mass is 237 g/mol. The van der Waals surface area contributed by atoms with Gasteiger partial charge in [0, 0.05) is 20.0 Å². The molecule has 0 aromatic heterocycles. The van der Waals surface area contributed by atoms with Crippen molar-refractivity contribution in [3.63, 3.8) is 0 Å². The quantitative estimate of drug-likeness (QED) is 0.744. The lowest BCUT2D eigenvalue weighted by molar-refractivity contribution is -0.130. The second kappa shape index (κ2) is 5.67. The van der Waals surface area contributed by atoms with Crippen LogP contribution in [-0.4, -0.2) is 35.6 Å². The van der Waals surface area contributed by atoms with E-state index in [2.05, 4.69) is 6.08 Å². The molecule has 0 heterocycles. The minimum absolute atomic E-state index is 0.151. The number of likely N-dealkylation sites (N-methyl/N-ethyl adjacent to an activating group) is 1. The zero-order valence-electron chi connectivity index (χ0n) is 10.7. The minimum Gasteiger partial charge on any atom is -0.391 e. The molecule has 1 amide bonds. The van der Waals surface area contributed by atoms with Crippen LogP contribution in [0.5, 0.6) is 0 Å². The van der Waals surface area contributed by atoms with Crippen LogP contribution in [-0.2, 0) is 4.79 Å². The fourth-order valence-corrected chi connectivity index (χ4v) is 2.41. The van der Waals surface area contributed by atoms with E-state index in [1.807, 2.05) is 0 Å². The Morgan fingerprint density at radius 3 is 2.88 bits per heavy atom. The van der Waals surface area contributed by atoms with E-state index in [1.165, 1.54) is 18.4 Å². The van der Waals surface area contributed by atoms with Gasteiger partial charge in [0.2, 0.25) is 5.91 Å². The molecule has 0 aromatic rings. The average molecular weight is 237 g/mol. The molecule has 2 aliphatic rings. The van der Waals surface area contributed by atoms with Gasteiger partial charge in [-0.3, -0.25) is 4.79 Å². The molecule has 0 aliphatic heterocycles. The number of amides is 1. The van der Waals surface area contributed by atoms with Gasteiger partial charge >= 0.3 is 0 Å². The third kappa shape index (κ3) is 3.84. The lowest BCUT2D eigenvalue weighted by atomic mass is 9.97. The molecular weight excluding hydrogens is 214 g/mol. The van der Waals surface area contributed by atoms with Crippen molar-refractivity contribution in [3.05, 3.63) is 11.6 Å². The van der Waals surface area contributed by atoms with Crippen LogP contribution in [0.25, 0.3) is 0 Å². The number of rotatable bonds is 5. The topological polar surface area (TPSA) is 40.5 Å². The summed E-state index contributed by atoms with van der Waals surface area (Å²) in [4.78, 5) is 13.7. The first-order chi connectivity index (χ1) is 8.16. The number of carbonyl (C=O) groups excluding carboxylic acids is 1. The van der Waals surface area contributed by atoms with E-state index in [-0.39, 0.29) is 12.0 Å². The van der Waals surface area contributed by atoms with E-state index in [9.17, 15) is 9.90 Å². The first-order valence-corrected chi connectivity index (χ1v) is 6.77. The van der Waals surface area contributed by atoms with Gasteiger partial charge in [0.15, 0.2) is 0 Å². The second-order valence-electron chi connectivity index (χ2n) is 5.46. The van der Waals surface area contributed by atoms with E-state index in [0.29, 0.717) is 18.9 Å². The van der Waals surface area contributed by atoms with Crippen molar-refractivity contribution in [2.24, 2.45) is 5.92 Å². The summed E-state index contributed by atoms with van der Waals surface area (Å²) < 4.78 is 0. The van der Waals surface area contributed by atoms with Gasteiger partial charge in [-0.15, -0.1) is 0 Å². The summed E-state index contributed by atoms with van der Waals surface area (Å²) in [5.74, 6) is 0.594.